The Kier molecular flexibility index (Phi) is 2.21. The molecule has 1 amide bonds. The Hall–Kier alpha value is -1.42. The maximum absolute atomic E-state index is 11.4. The van der Waals surface area contributed by atoms with Gasteiger partial charge in [-0.3, -0.25) is 4.79 Å². The van der Waals surface area contributed by atoms with Crippen molar-refractivity contribution < 1.29 is 4.79 Å². The zero-order valence-electron chi connectivity index (χ0n) is 7.70. The normalized spacial score (nSPS) is 20.5. The van der Waals surface area contributed by atoms with E-state index in [2.05, 4.69) is 10.6 Å². The fourth-order valence-corrected chi connectivity index (χ4v) is 1.63. The number of rotatable bonds is 1. The van der Waals surface area contributed by atoms with Crippen LogP contribution >= 0.6 is 12.2 Å². The van der Waals surface area contributed by atoms with E-state index in [0.29, 0.717) is 5.11 Å². The average molecular weight is 206 g/mol. The van der Waals surface area contributed by atoms with E-state index in [1.165, 1.54) is 5.56 Å². The van der Waals surface area contributed by atoms with Crippen molar-refractivity contribution in [1.29, 1.82) is 0 Å². The summed E-state index contributed by atoms with van der Waals surface area (Å²) in [6.07, 6.45) is 0. The molecule has 3 nitrogen and oxygen atoms in total. The van der Waals surface area contributed by atoms with Crippen molar-refractivity contribution in [3.63, 3.8) is 0 Å². The predicted molar refractivity (Wildman–Crippen MR) is 57.8 cm³/mol. The lowest BCUT2D eigenvalue weighted by atomic mass is 10.1. The van der Waals surface area contributed by atoms with Crippen LogP contribution in [0.1, 0.15) is 17.2 Å². The number of aryl methyl sites for hydroxylation is 1. The molecule has 0 aromatic heterocycles. The second-order valence-electron chi connectivity index (χ2n) is 3.31. The van der Waals surface area contributed by atoms with E-state index >= 15 is 0 Å². The van der Waals surface area contributed by atoms with Crippen LogP contribution in [0.3, 0.4) is 0 Å². The minimum Gasteiger partial charge on any atom is -0.347 e. The number of carbonyl (C=O) groups is 1. The van der Waals surface area contributed by atoms with Gasteiger partial charge in [0.05, 0.1) is 0 Å². The molecule has 1 heterocycles. The summed E-state index contributed by atoms with van der Waals surface area (Å²) in [5.74, 6) is -0.0844. The first-order valence-corrected chi connectivity index (χ1v) is 4.75. The third kappa shape index (κ3) is 1.61. The Labute approximate surface area is 87.5 Å². The number of amides is 1. The largest absolute Gasteiger partial charge is 0.347 e. The minimum atomic E-state index is -0.330. The molecular formula is C10H10N2OS. The van der Waals surface area contributed by atoms with Crippen LogP contribution in [0.25, 0.3) is 0 Å². The highest BCUT2D eigenvalue weighted by Gasteiger charge is 2.28. The van der Waals surface area contributed by atoms with Crippen LogP contribution in [0.15, 0.2) is 24.3 Å². The van der Waals surface area contributed by atoms with Crippen molar-refractivity contribution >= 4 is 23.2 Å². The summed E-state index contributed by atoms with van der Waals surface area (Å²) in [6, 6.07) is 7.49. The van der Waals surface area contributed by atoms with Crippen molar-refractivity contribution in [1.82, 2.24) is 10.6 Å². The Morgan fingerprint density at radius 2 is 1.93 bits per heavy atom. The molecule has 1 aromatic carbocycles. The zero-order valence-corrected chi connectivity index (χ0v) is 8.52. The Morgan fingerprint density at radius 3 is 2.43 bits per heavy atom. The molecule has 1 saturated heterocycles. The number of nitrogens with one attached hydrogen (secondary N) is 2. The summed E-state index contributed by atoms with van der Waals surface area (Å²) >= 11 is 4.86. The molecule has 1 atom stereocenters. The highest BCUT2D eigenvalue weighted by molar-refractivity contribution is 7.80. The lowest BCUT2D eigenvalue weighted by molar-refractivity contribution is -0.120. The second-order valence-corrected chi connectivity index (χ2v) is 3.71. The molecule has 2 rings (SSSR count). The van der Waals surface area contributed by atoms with Gasteiger partial charge < -0.3 is 10.6 Å². The first kappa shape index (κ1) is 9.15. The molecule has 0 unspecified atom stereocenters. The molecule has 0 bridgehead atoms. The molecule has 1 aliphatic heterocycles. The standard InChI is InChI=1S/C10H10N2OS/c1-6-2-4-7(5-3-6)8-9(13)12-10(14)11-8/h2-5,8H,1H3,(H2,11,12,13,14)/t8-/m0/s1. The van der Waals surface area contributed by atoms with E-state index < -0.39 is 0 Å². The van der Waals surface area contributed by atoms with Crippen LogP contribution in [-0.2, 0) is 4.79 Å². The van der Waals surface area contributed by atoms with Crippen molar-refractivity contribution in [2.45, 2.75) is 13.0 Å². The molecule has 1 aliphatic rings. The van der Waals surface area contributed by atoms with Crippen LogP contribution < -0.4 is 10.6 Å². The fourth-order valence-electron chi connectivity index (χ4n) is 1.41. The van der Waals surface area contributed by atoms with Crippen LogP contribution in [-0.4, -0.2) is 11.0 Å². The van der Waals surface area contributed by atoms with E-state index in [4.69, 9.17) is 12.2 Å². The minimum absolute atomic E-state index is 0.0844. The molecule has 0 saturated carbocycles. The monoisotopic (exact) mass is 206 g/mol. The molecule has 2 N–H and O–H groups in total. The van der Waals surface area contributed by atoms with Crippen LogP contribution in [0.4, 0.5) is 0 Å². The summed E-state index contributed by atoms with van der Waals surface area (Å²) in [5.41, 5.74) is 2.11. The maximum atomic E-state index is 11.4. The van der Waals surface area contributed by atoms with Gasteiger partial charge in [0.2, 0.25) is 0 Å². The summed E-state index contributed by atoms with van der Waals surface area (Å²) in [4.78, 5) is 11.4. The molecule has 0 radical (unpaired) electrons. The van der Waals surface area contributed by atoms with Gasteiger partial charge in [-0.1, -0.05) is 29.8 Å². The summed E-state index contributed by atoms with van der Waals surface area (Å²) in [5, 5.41) is 5.87. The first-order valence-electron chi connectivity index (χ1n) is 4.35. The smallest absolute Gasteiger partial charge is 0.253 e. The van der Waals surface area contributed by atoms with Crippen molar-refractivity contribution in [3.05, 3.63) is 35.4 Å². The van der Waals surface area contributed by atoms with Gasteiger partial charge in [-0.2, -0.15) is 0 Å². The molecule has 4 heteroatoms. The first-order chi connectivity index (χ1) is 6.66. The molecule has 0 spiro atoms. The quantitative estimate of drug-likeness (QED) is 0.675. The molecule has 14 heavy (non-hydrogen) atoms. The Morgan fingerprint density at radius 1 is 1.29 bits per heavy atom. The number of benzene rings is 1. The van der Waals surface area contributed by atoms with Gasteiger partial charge in [0.15, 0.2) is 5.11 Å². The van der Waals surface area contributed by atoms with Gasteiger partial charge in [-0.05, 0) is 24.7 Å². The number of thiocarbonyl (C=S) groups is 1. The fraction of sp³-hybridized carbons (Fsp3) is 0.200. The second kappa shape index (κ2) is 3.38. The maximum Gasteiger partial charge on any atom is 0.253 e. The van der Waals surface area contributed by atoms with Gasteiger partial charge in [-0.25, -0.2) is 0 Å². The number of hydrogen-bond donors (Lipinski definition) is 2. The molecule has 1 fully saturated rings. The van der Waals surface area contributed by atoms with Crippen LogP contribution in [0.2, 0.25) is 0 Å². The highest BCUT2D eigenvalue weighted by atomic mass is 32.1. The molecule has 0 aliphatic carbocycles. The number of hydrogen-bond acceptors (Lipinski definition) is 2. The van der Waals surface area contributed by atoms with Crippen LogP contribution in [0, 0.1) is 6.92 Å². The van der Waals surface area contributed by atoms with E-state index in [1.807, 2.05) is 31.2 Å². The highest BCUT2D eigenvalue weighted by Crippen LogP contribution is 2.16. The third-order valence-electron chi connectivity index (χ3n) is 2.19. The average Bonchev–Trinajstić information content (AvgIpc) is 2.47. The lowest BCUT2D eigenvalue weighted by Crippen LogP contribution is -2.21. The summed E-state index contributed by atoms with van der Waals surface area (Å²) in [7, 11) is 0. The van der Waals surface area contributed by atoms with E-state index in [-0.39, 0.29) is 11.9 Å². The van der Waals surface area contributed by atoms with Crippen molar-refractivity contribution in [2.24, 2.45) is 0 Å². The van der Waals surface area contributed by atoms with Gasteiger partial charge in [-0.15, -0.1) is 0 Å². The zero-order chi connectivity index (χ0) is 10.1. The molecule has 72 valence electrons. The SMILES string of the molecule is Cc1ccc([C@@H]2NC(=S)NC2=O)cc1. The Bertz CT molecular complexity index is 386. The van der Waals surface area contributed by atoms with E-state index in [9.17, 15) is 4.79 Å². The van der Waals surface area contributed by atoms with E-state index in [1.54, 1.807) is 0 Å². The van der Waals surface area contributed by atoms with Crippen molar-refractivity contribution in [3.8, 4) is 0 Å². The molecule has 1 aromatic rings. The van der Waals surface area contributed by atoms with Gasteiger partial charge in [0.1, 0.15) is 6.04 Å². The lowest BCUT2D eigenvalue weighted by Gasteiger charge is -2.07. The molecular weight excluding hydrogens is 196 g/mol. The third-order valence-corrected chi connectivity index (χ3v) is 2.40. The Balaban J connectivity index is 2.27. The van der Waals surface area contributed by atoms with Crippen molar-refractivity contribution in [2.75, 3.05) is 0 Å². The summed E-state index contributed by atoms with van der Waals surface area (Å²) < 4.78 is 0. The predicted octanol–water partition coefficient (Wildman–Crippen LogP) is 1.04. The van der Waals surface area contributed by atoms with Gasteiger partial charge in [0, 0.05) is 0 Å². The number of carbonyl (C=O) groups excluding carboxylic acids is 1. The summed E-state index contributed by atoms with van der Waals surface area (Å²) in [6.45, 7) is 2.01. The van der Waals surface area contributed by atoms with E-state index in [0.717, 1.165) is 5.56 Å². The topological polar surface area (TPSA) is 41.1 Å². The van der Waals surface area contributed by atoms with Gasteiger partial charge >= 0.3 is 0 Å². The van der Waals surface area contributed by atoms with Gasteiger partial charge in [0.25, 0.3) is 5.91 Å². The van der Waals surface area contributed by atoms with Crippen LogP contribution in [0.5, 0.6) is 0 Å².